The molecule has 12 heteroatoms. The Morgan fingerprint density at radius 3 is 2.60 bits per heavy atom. The van der Waals surface area contributed by atoms with Crippen molar-refractivity contribution < 1.29 is 18.0 Å². The average molecular weight is 491 g/mol. The van der Waals surface area contributed by atoms with Gasteiger partial charge >= 0.3 is 6.18 Å². The van der Waals surface area contributed by atoms with Crippen molar-refractivity contribution in [2.24, 2.45) is 0 Å². The quantitative estimate of drug-likeness (QED) is 0.511. The molecular weight excluding hydrogens is 461 g/mol. The summed E-state index contributed by atoms with van der Waals surface area (Å²) in [6.45, 7) is 4.54. The van der Waals surface area contributed by atoms with Crippen LogP contribution < -0.4 is 15.5 Å². The van der Waals surface area contributed by atoms with E-state index in [4.69, 9.17) is 0 Å². The Balaban J connectivity index is 0.00000342. The number of carbonyl (C=O) groups is 1. The summed E-state index contributed by atoms with van der Waals surface area (Å²) in [4.78, 5) is 26.8. The number of hydrogen-bond acceptors (Lipinski definition) is 7. The van der Waals surface area contributed by atoms with Crippen LogP contribution in [0.25, 0.3) is 0 Å². The molecule has 1 amide bonds. The van der Waals surface area contributed by atoms with E-state index in [0.717, 1.165) is 24.5 Å². The van der Waals surface area contributed by atoms with Crippen LogP contribution in [-0.2, 0) is 24.1 Å². The number of nitrogens with zero attached hydrogens (tertiary/aromatic N) is 6. The summed E-state index contributed by atoms with van der Waals surface area (Å²) in [6.07, 6.45) is 1.80. The van der Waals surface area contributed by atoms with Crippen molar-refractivity contribution in [2.45, 2.75) is 59.4 Å². The molecule has 0 saturated carbocycles. The normalized spacial score (nSPS) is 15.3. The fourth-order valence-corrected chi connectivity index (χ4v) is 3.80. The number of anilines is 3. The van der Waals surface area contributed by atoms with Gasteiger partial charge < -0.3 is 15.5 Å². The molecule has 3 aromatic heterocycles. The van der Waals surface area contributed by atoms with Crippen molar-refractivity contribution >= 4 is 23.4 Å². The number of alkyl halides is 3. The Kier molecular flexibility index (Phi) is 7.61. The third kappa shape index (κ3) is 5.69. The molecule has 1 atom stereocenters. The first kappa shape index (κ1) is 25.9. The Labute approximate surface area is 201 Å². The van der Waals surface area contributed by atoms with Crippen LogP contribution in [-0.4, -0.2) is 43.7 Å². The van der Waals surface area contributed by atoms with E-state index in [0.29, 0.717) is 41.8 Å². The molecule has 0 radical (unpaired) electrons. The third-order valence-corrected chi connectivity index (χ3v) is 5.58. The van der Waals surface area contributed by atoms with Crippen molar-refractivity contribution in [2.75, 3.05) is 22.6 Å². The number of aromatic nitrogens is 5. The maximum absolute atomic E-state index is 12.7. The SMILES string of the molecule is C.CCC[C@@H]1C(=O)Nc2c(C)nc(NCc3cnn(Cc4ccc(C(F)(F)F)nc4)c3)nc2N1C. The predicted octanol–water partition coefficient (Wildman–Crippen LogP) is 4.25. The molecule has 2 N–H and O–H groups in total. The molecule has 4 rings (SSSR count). The first-order valence-corrected chi connectivity index (χ1v) is 10.9. The van der Waals surface area contributed by atoms with Gasteiger partial charge in [-0.25, -0.2) is 4.98 Å². The van der Waals surface area contributed by atoms with E-state index in [1.165, 1.54) is 12.3 Å². The van der Waals surface area contributed by atoms with E-state index < -0.39 is 11.9 Å². The van der Waals surface area contributed by atoms with Gasteiger partial charge in [0.05, 0.1) is 18.4 Å². The largest absolute Gasteiger partial charge is 0.433 e. The van der Waals surface area contributed by atoms with Gasteiger partial charge in [0.15, 0.2) is 5.82 Å². The molecule has 0 bridgehead atoms. The first-order valence-electron chi connectivity index (χ1n) is 10.9. The number of rotatable bonds is 7. The number of fused-ring (bicyclic) bond motifs is 1. The maximum atomic E-state index is 12.7. The highest BCUT2D eigenvalue weighted by Crippen LogP contribution is 2.33. The van der Waals surface area contributed by atoms with E-state index in [-0.39, 0.29) is 19.4 Å². The molecule has 188 valence electrons. The predicted molar refractivity (Wildman–Crippen MR) is 127 cm³/mol. The second kappa shape index (κ2) is 10.3. The minimum Gasteiger partial charge on any atom is -0.350 e. The topological polar surface area (TPSA) is 101 Å². The fourth-order valence-electron chi connectivity index (χ4n) is 3.80. The third-order valence-electron chi connectivity index (χ3n) is 5.58. The highest BCUT2D eigenvalue weighted by Gasteiger charge is 2.33. The van der Waals surface area contributed by atoms with Crippen LogP contribution in [0.5, 0.6) is 0 Å². The lowest BCUT2D eigenvalue weighted by Crippen LogP contribution is -2.46. The molecule has 0 aromatic carbocycles. The number of likely N-dealkylation sites (N-methyl/N-ethyl adjacent to an activating group) is 1. The Morgan fingerprint density at radius 1 is 1.17 bits per heavy atom. The van der Waals surface area contributed by atoms with E-state index in [9.17, 15) is 18.0 Å². The molecule has 0 fully saturated rings. The van der Waals surface area contributed by atoms with Crippen molar-refractivity contribution in [3.8, 4) is 0 Å². The van der Waals surface area contributed by atoms with Crippen LogP contribution in [0.15, 0.2) is 30.7 Å². The van der Waals surface area contributed by atoms with Crippen molar-refractivity contribution in [3.63, 3.8) is 0 Å². The van der Waals surface area contributed by atoms with E-state index in [1.807, 2.05) is 25.8 Å². The highest BCUT2D eigenvalue weighted by atomic mass is 19.4. The van der Waals surface area contributed by atoms with Gasteiger partial charge in [0.25, 0.3) is 0 Å². The van der Waals surface area contributed by atoms with E-state index in [1.54, 1.807) is 17.1 Å². The second-order valence-electron chi connectivity index (χ2n) is 8.19. The first-order chi connectivity index (χ1) is 16.2. The monoisotopic (exact) mass is 490 g/mol. The van der Waals surface area contributed by atoms with Crippen LogP contribution >= 0.6 is 0 Å². The van der Waals surface area contributed by atoms with Gasteiger partial charge in [0, 0.05) is 31.5 Å². The number of aryl methyl sites for hydroxylation is 1. The molecule has 0 spiro atoms. The highest BCUT2D eigenvalue weighted by molar-refractivity contribution is 6.03. The zero-order chi connectivity index (χ0) is 24.5. The van der Waals surface area contributed by atoms with Gasteiger partial charge in [-0.3, -0.25) is 14.5 Å². The van der Waals surface area contributed by atoms with Gasteiger partial charge in [-0.05, 0) is 25.0 Å². The second-order valence-corrected chi connectivity index (χ2v) is 8.19. The molecule has 0 unspecified atom stereocenters. The molecule has 0 saturated heterocycles. The standard InChI is InChI=1S/C22H25F3N8O.CH4/c1-4-5-16-20(34)30-18-13(2)29-21(31-19(18)32(16)3)27-9-15-10-28-33(12-15)11-14-6-7-17(26-8-14)22(23,24)25;/h6-8,10,12,16H,4-5,9,11H2,1-3H3,(H,30,34)(H,27,29,31);1H4/t16-;/m1./s1. The van der Waals surface area contributed by atoms with Crippen LogP contribution in [0.3, 0.4) is 0 Å². The van der Waals surface area contributed by atoms with Crippen molar-refractivity contribution in [3.05, 3.63) is 53.2 Å². The zero-order valence-electron chi connectivity index (χ0n) is 19.0. The minimum atomic E-state index is -4.46. The summed E-state index contributed by atoms with van der Waals surface area (Å²) in [5, 5.41) is 10.4. The van der Waals surface area contributed by atoms with Crippen LogP contribution in [0.2, 0.25) is 0 Å². The molecule has 3 aromatic rings. The molecule has 35 heavy (non-hydrogen) atoms. The van der Waals surface area contributed by atoms with E-state index in [2.05, 4.69) is 30.7 Å². The number of pyridine rings is 1. The molecular formula is C23H29F3N8O. The molecule has 4 heterocycles. The Bertz CT molecular complexity index is 1180. The summed E-state index contributed by atoms with van der Waals surface area (Å²) < 4.78 is 39.6. The lowest BCUT2D eigenvalue weighted by Gasteiger charge is -2.34. The van der Waals surface area contributed by atoms with Crippen LogP contribution in [0, 0.1) is 6.92 Å². The van der Waals surface area contributed by atoms with Gasteiger partial charge in [-0.1, -0.05) is 26.8 Å². The fraction of sp³-hybridized carbons (Fsp3) is 0.435. The van der Waals surface area contributed by atoms with Crippen LogP contribution in [0.4, 0.5) is 30.6 Å². The Morgan fingerprint density at radius 2 is 1.94 bits per heavy atom. The number of amides is 1. The van der Waals surface area contributed by atoms with Crippen LogP contribution in [0.1, 0.15) is 49.7 Å². The summed E-state index contributed by atoms with van der Waals surface area (Å²) in [7, 11) is 1.86. The average Bonchev–Trinajstić information content (AvgIpc) is 3.23. The summed E-state index contributed by atoms with van der Waals surface area (Å²) >= 11 is 0. The maximum Gasteiger partial charge on any atom is 0.433 e. The van der Waals surface area contributed by atoms with Gasteiger partial charge in [-0.2, -0.15) is 23.3 Å². The summed E-state index contributed by atoms with van der Waals surface area (Å²) in [5.41, 5.74) is 1.81. The summed E-state index contributed by atoms with van der Waals surface area (Å²) in [5.74, 6) is 1.03. The Hall–Kier alpha value is -3.70. The molecule has 1 aliphatic rings. The number of nitrogens with one attached hydrogen (secondary N) is 2. The lowest BCUT2D eigenvalue weighted by atomic mass is 10.1. The van der Waals surface area contributed by atoms with E-state index >= 15 is 0 Å². The molecule has 1 aliphatic heterocycles. The minimum absolute atomic E-state index is 0. The number of carbonyl (C=O) groups excluding carboxylic acids is 1. The number of halogens is 3. The molecule has 0 aliphatic carbocycles. The van der Waals surface area contributed by atoms with Gasteiger partial charge in [0.1, 0.15) is 17.4 Å². The lowest BCUT2D eigenvalue weighted by molar-refractivity contribution is -0.141. The smallest absolute Gasteiger partial charge is 0.350 e. The summed E-state index contributed by atoms with van der Waals surface area (Å²) in [6, 6.07) is 2.07. The van der Waals surface area contributed by atoms with Crippen molar-refractivity contribution in [1.29, 1.82) is 0 Å². The van der Waals surface area contributed by atoms with Crippen molar-refractivity contribution in [1.82, 2.24) is 24.7 Å². The molecule has 9 nitrogen and oxygen atoms in total. The van der Waals surface area contributed by atoms with Gasteiger partial charge in [0.2, 0.25) is 11.9 Å². The van der Waals surface area contributed by atoms with Gasteiger partial charge in [-0.15, -0.1) is 0 Å². The number of hydrogen-bond donors (Lipinski definition) is 2. The zero-order valence-corrected chi connectivity index (χ0v) is 19.0.